The van der Waals surface area contributed by atoms with Crippen LogP contribution in [0.5, 0.6) is 0 Å². The van der Waals surface area contributed by atoms with E-state index in [1.54, 1.807) is 0 Å². The summed E-state index contributed by atoms with van der Waals surface area (Å²) >= 11 is 0. The third kappa shape index (κ3) is 9.80. The van der Waals surface area contributed by atoms with Gasteiger partial charge in [-0.15, -0.1) is 0 Å². The largest absolute Gasteiger partial charge is 0.330 e. The lowest BCUT2D eigenvalue weighted by Crippen LogP contribution is -2.23. The average Bonchev–Trinajstić information content (AvgIpc) is 2.08. The first kappa shape index (κ1) is 12.9. The van der Waals surface area contributed by atoms with Crippen LogP contribution in [-0.2, 0) is 0 Å². The van der Waals surface area contributed by atoms with E-state index in [0.717, 1.165) is 19.5 Å². The van der Waals surface area contributed by atoms with Gasteiger partial charge >= 0.3 is 0 Å². The smallest absolute Gasteiger partial charge is 0.000977 e. The van der Waals surface area contributed by atoms with Gasteiger partial charge in [-0.2, -0.15) is 0 Å². The predicted molar refractivity (Wildman–Crippen MR) is 59.0 cm³/mol. The molecular weight excluding hydrogens is 162 g/mol. The number of hydrogen-bond acceptors (Lipinski definition) is 3. The van der Waals surface area contributed by atoms with Crippen molar-refractivity contribution >= 4 is 0 Å². The van der Waals surface area contributed by atoms with Gasteiger partial charge in [-0.25, -0.2) is 0 Å². The van der Waals surface area contributed by atoms with Gasteiger partial charge < -0.3 is 15.5 Å². The third-order valence-corrected chi connectivity index (χ3v) is 2.14. The maximum absolute atomic E-state index is 5.44. The molecule has 0 radical (unpaired) electrons. The second kappa shape index (κ2) is 8.48. The SMILES string of the molecule is CN(C)CCCCN(C)CCCN. The fraction of sp³-hybridized carbons (Fsp3) is 1.00. The van der Waals surface area contributed by atoms with E-state index in [1.807, 2.05) is 0 Å². The average molecular weight is 187 g/mol. The Morgan fingerprint density at radius 2 is 1.38 bits per heavy atom. The summed E-state index contributed by atoms with van der Waals surface area (Å²) in [6, 6.07) is 0. The van der Waals surface area contributed by atoms with Crippen LogP contribution < -0.4 is 5.73 Å². The summed E-state index contributed by atoms with van der Waals surface area (Å²) in [6.45, 7) is 4.35. The van der Waals surface area contributed by atoms with Crippen LogP contribution >= 0.6 is 0 Å². The van der Waals surface area contributed by atoms with Gasteiger partial charge in [-0.1, -0.05) is 0 Å². The summed E-state index contributed by atoms with van der Waals surface area (Å²) in [7, 11) is 6.42. The molecule has 0 rings (SSSR count). The molecule has 0 amide bonds. The lowest BCUT2D eigenvalue weighted by molar-refractivity contribution is 0.309. The van der Waals surface area contributed by atoms with Crippen LogP contribution in [-0.4, -0.2) is 57.1 Å². The minimum Gasteiger partial charge on any atom is -0.330 e. The molecule has 0 atom stereocenters. The molecule has 0 saturated heterocycles. The zero-order chi connectivity index (χ0) is 10.1. The molecule has 0 heterocycles. The molecule has 3 nitrogen and oxygen atoms in total. The molecule has 0 aromatic carbocycles. The van der Waals surface area contributed by atoms with E-state index in [1.165, 1.54) is 25.9 Å². The van der Waals surface area contributed by atoms with Crippen LogP contribution in [0, 0.1) is 0 Å². The molecule has 0 unspecified atom stereocenters. The second-order valence-corrected chi connectivity index (χ2v) is 3.96. The zero-order valence-electron chi connectivity index (χ0n) is 9.42. The number of unbranched alkanes of at least 4 members (excludes halogenated alkanes) is 1. The minimum atomic E-state index is 0.808. The van der Waals surface area contributed by atoms with Gasteiger partial charge in [0.25, 0.3) is 0 Å². The van der Waals surface area contributed by atoms with Gasteiger partial charge in [0.15, 0.2) is 0 Å². The molecular formula is C10H25N3. The summed E-state index contributed by atoms with van der Waals surface area (Å²) in [5, 5.41) is 0. The Bertz CT molecular complexity index is 104. The maximum atomic E-state index is 5.44. The molecule has 3 heteroatoms. The lowest BCUT2D eigenvalue weighted by Gasteiger charge is -2.16. The van der Waals surface area contributed by atoms with Gasteiger partial charge in [0, 0.05) is 0 Å². The molecule has 0 aromatic heterocycles. The molecule has 13 heavy (non-hydrogen) atoms. The Kier molecular flexibility index (Phi) is 8.40. The Morgan fingerprint density at radius 1 is 0.846 bits per heavy atom. The highest BCUT2D eigenvalue weighted by molar-refractivity contribution is 4.53. The highest BCUT2D eigenvalue weighted by Crippen LogP contribution is 1.94. The second-order valence-electron chi connectivity index (χ2n) is 3.96. The Hall–Kier alpha value is -0.120. The first-order valence-corrected chi connectivity index (χ1v) is 5.20. The monoisotopic (exact) mass is 187 g/mol. The lowest BCUT2D eigenvalue weighted by atomic mass is 10.3. The summed E-state index contributed by atoms with van der Waals surface area (Å²) in [5.74, 6) is 0. The number of rotatable bonds is 8. The Balaban J connectivity index is 3.12. The van der Waals surface area contributed by atoms with Crippen molar-refractivity contribution in [2.45, 2.75) is 19.3 Å². The van der Waals surface area contributed by atoms with Crippen molar-refractivity contribution in [2.75, 3.05) is 47.3 Å². The highest BCUT2D eigenvalue weighted by atomic mass is 15.1. The summed E-state index contributed by atoms with van der Waals surface area (Å²) < 4.78 is 0. The van der Waals surface area contributed by atoms with Crippen LogP contribution in [0.2, 0.25) is 0 Å². The Morgan fingerprint density at radius 3 is 1.92 bits per heavy atom. The topological polar surface area (TPSA) is 32.5 Å². The van der Waals surface area contributed by atoms with E-state index >= 15 is 0 Å². The molecule has 0 aliphatic heterocycles. The Labute approximate surface area is 82.9 Å². The van der Waals surface area contributed by atoms with E-state index in [2.05, 4.69) is 30.9 Å². The molecule has 2 N–H and O–H groups in total. The van der Waals surface area contributed by atoms with Crippen molar-refractivity contribution in [1.82, 2.24) is 9.80 Å². The normalized spacial score (nSPS) is 11.5. The molecule has 0 aliphatic carbocycles. The van der Waals surface area contributed by atoms with Gasteiger partial charge in [-0.05, 0) is 66.6 Å². The van der Waals surface area contributed by atoms with E-state index in [0.29, 0.717) is 0 Å². The number of nitrogens with zero attached hydrogens (tertiary/aromatic N) is 2. The fourth-order valence-electron chi connectivity index (χ4n) is 1.28. The summed E-state index contributed by atoms with van der Waals surface area (Å²) in [5.41, 5.74) is 5.44. The summed E-state index contributed by atoms with van der Waals surface area (Å²) in [6.07, 6.45) is 3.70. The molecule has 0 spiro atoms. The van der Waals surface area contributed by atoms with Crippen molar-refractivity contribution in [3.63, 3.8) is 0 Å². The minimum absolute atomic E-state index is 0.808. The van der Waals surface area contributed by atoms with Crippen molar-refractivity contribution in [1.29, 1.82) is 0 Å². The zero-order valence-corrected chi connectivity index (χ0v) is 9.42. The molecule has 0 aromatic rings. The maximum Gasteiger partial charge on any atom is -0.000977 e. The first-order valence-electron chi connectivity index (χ1n) is 5.20. The van der Waals surface area contributed by atoms with Crippen LogP contribution in [0.1, 0.15) is 19.3 Å². The van der Waals surface area contributed by atoms with Crippen LogP contribution in [0.3, 0.4) is 0 Å². The third-order valence-electron chi connectivity index (χ3n) is 2.14. The first-order chi connectivity index (χ1) is 6.16. The van der Waals surface area contributed by atoms with Gasteiger partial charge in [0.2, 0.25) is 0 Å². The van der Waals surface area contributed by atoms with Crippen LogP contribution in [0.25, 0.3) is 0 Å². The standard InChI is InChI=1S/C10H25N3/c1-12(2)8-4-5-9-13(3)10-6-7-11/h4-11H2,1-3H3. The highest BCUT2D eigenvalue weighted by Gasteiger charge is 1.97. The van der Waals surface area contributed by atoms with Crippen LogP contribution in [0.4, 0.5) is 0 Å². The summed E-state index contributed by atoms with van der Waals surface area (Å²) in [4.78, 5) is 4.60. The van der Waals surface area contributed by atoms with E-state index < -0.39 is 0 Å². The van der Waals surface area contributed by atoms with Crippen LogP contribution in [0.15, 0.2) is 0 Å². The van der Waals surface area contributed by atoms with Gasteiger partial charge in [-0.3, -0.25) is 0 Å². The van der Waals surface area contributed by atoms with E-state index in [4.69, 9.17) is 5.73 Å². The predicted octanol–water partition coefficient (Wildman–Crippen LogP) is 0.609. The fourth-order valence-corrected chi connectivity index (χ4v) is 1.28. The van der Waals surface area contributed by atoms with Crippen molar-refractivity contribution < 1.29 is 0 Å². The van der Waals surface area contributed by atoms with Gasteiger partial charge in [0.1, 0.15) is 0 Å². The molecule has 0 saturated carbocycles. The molecule has 80 valence electrons. The molecule has 0 bridgehead atoms. The van der Waals surface area contributed by atoms with Crippen molar-refractivity contribution in [2.24, 2.45) is 5.73 Å². The van der Waals surface area contributed by atoms with Crippen molar-refractivity contribution in [3.8, 4) is 0 Å². The number of nitrogens with two attached hydrogens (primary N) is 1. The van der Waals surface area contributed by atoms with Gasteiger partial charge in [0.05, 0.1) is 0 Å². The molecule has 0 fully saturated rings. The quantitative estimate of drug-likeness (QED) is 0.565. The molecule has 0 aliphatic rings. The van der Waals surface area contributed by atoms with E-state index in [9.17, 15) is 0 Å². The van der Waals surface area contributed by atoms with Crippen molar-refractivity contribution in [3.05, 3.63) is 0 Å². The van der Waals surface area contributed by atoms with E-state index in [-0.39, 0.29) is 0 Å². The number of hydrogen-bond donors (Lipinski definition) is 1.